The molecule has 1 fully saturated rings. The average Bonchev–Trinajstić information content (AvgIpc) is 3.15. The van der Waals surface area contributed by atoms with E-state index in [1.54, 1.807) is 6.20 Å². The Hall–Kier alpha value is -1.73. The van der Waals surface area contributed by atoms with Gasteiger partial charge >= 0.3 is 0 Å². The van der Waals surface area contributed by atoms with E-state index in [4.69, 9.17) is 0 Å². The molecule has 1 unspecified atom stereocenters. The third-order valence-corrected chi connectivity index (χ3v) is 6.91. The van der Waals surface area contributed by atoms with Gasteiger partial charge in [-0.1, -0.05) is 6.92 Å². The van der Waals surface area contributed by atoms with E-state index in [1.807, 2.05) is 6.07 Å². The molecule has 1 atom stereocenters. The van der Waals surface area contributed by atoms with E-state index in [9.17, 15) is 9.59 Å². The highest BCUT2D eigenvalue weighted by molar-refractivity contribution is 7.14. The first-order valence-electron chi connectivity index (χ1n) is 8.28. The number of thiazole rings is 1. The first-order valence-corrected chi connectivity index (χ1v) is 9.91. The minimum Gasteiger partial charge on any atom is -0.266 e. The summed E-state index contributed by atoms with van der Waals surface area (Å²) in [6.07, 6.45) is 7.17. The van der Waals surface area contributed by atoms with Gasteiger partial charge < -0.3 is 0 Å². The predicted octanol–water partition coefficient (Wildman–Crippen LogP) is 3.28. The standard InChI is InChI=1S/C17H19N3O2S2/c1-9-2-5-12-11(6-9)7-13(23-12)15(21)19-20-16(22)14-8-18-17(24-14)10-3-4-10/h7-10H,2-6H2,1H3,(H,19,21)(H,20,22). The maximum Gasteiger partial charge on any atom is 0.281 e. The summed E-state index contributed by atoms with van der Waals surface area (Å²) in [6.45, 7) is 2.24. The summed E-state index contributed by atoms with van der Waals surface area (Å²) in [5.41, 5.74) is 6.30. The predicted molar refractivity (Wildman–Crippen MR) is 94.5 cm³/mol. The number of rotatable bonds is 3. The summed E-state index contributed by atoms with van der Waals surface area (Å²) < 4.78 is 0. The molecule has 2 aliphatic carbocycles. The average molecular weight is 361 g/mol. The molecule has 0 spiro atoms. The van der Waals surface area contributed by atoms with Gasteiger partial charge in [-0.15, -0.1) is 22.7 Å². The van der Waals surface area contributed by atoms with E-state index < -0.39 is 0 Å². The zero-order valence-electron chi connectivity index (χ0n) is 13.4. The third-order valence-electron chi connectivity index (χ3n) is 4.52. The van der Waals surface area contributed by atoms with Crippen LogP contribution in [-0.4, -0.2) is 16.8 Å². The van der Waals surface area contributed by atoms with Crippen LogP contribution in [0.3, 0.4) is 0 Å². The van der Waals surface area contributed by atoms with Crippen LogP contribution in [-0.2, 0) is 12.8 Å². The second-order valence-electron chi connectivity index (χ2n) is 6.65. The third kappa shape index (κ3) is 3.23. The van der Waals surface area contributed by atoms with Crippen molar-refractivity contribution in [3.8, 4) is 0 Å². The maximum absolute atomic E-state index is 12.3. The molecule has 1 saturated carbocycles. The van der Waals surface area contributed by atoms with Crippen molar-refractivity contribution < 1.29 is 9.59 Å². The number of aromatic nitrogens is 1. The van der Waals surface area contributed by atoms with E-state index in [0.717, 1.165) is 30.7 Å². The number of fused-ring (bicyclic) bond motifs is 1. The van der Waals surface area contributed by atoms with Crippen LogP contribution in [0, 0.1) is 5.92 Å². The Bertz CT molecular complexity index is 792. The van der Waals surface area contributed by atoms with E-state index in [1.165, 1.54) is 39.5 Å². The highest BCUT2D eigenvalue weighted by Crippen LogP contribution is 2.41. The molecular weight excluding hydrogens is 342 g/mol. The van der Waals surface area contributed by atoms with Crippen LogP contribution in [0.4, 0.5) is 0 Å². The van der Waals surface area contributed by atoms with E-state index in [0.29, 0.717) is 21.6 Å². The molecule has 2 amide bonds. The lowest BCUT2D eigenvalue weighted by Gasteiger charge is -2.16. The molecule has 0 saturated heterocycles. The topological polar surface area (TPSA) is 71.1 Å². The van der Waals surface area contributed by atoms with Crippen LogP contribution in [0.2, 0.25) is 0 Å². The molecule has 0 aromatic carbocycles. The number of carbonyl (C=O) groups excluding carboxylic acids is 2. The quantitative estimate of drug-likeness (QED) is 0.824. The Morgan fingerprint density at radius 3 is 2.62 bits per heavy atom. The molecule has 0 radical (unpaired) electrons. The van der Waals surface area contributed by atoms with E-state index >= 15 is 0 Å². The Balaban J connectivity index is 1.36. The van der Waals surface area contributed by atoms with Crippen LogP contribution in [0.1, 0.15) is 66.9 Å². The highest BCUT2D eigenvalue weighted by Gasteiger charge is 2.27. The van der Waals surface area contributed by atoms with Crippen LogP contribution in [0.15, 0.2) is 12.3 Å². The van der Waals surface area contributed by atoms with Crippen molar-refractivity contribution >= 4 is 34.5 Å². The van der Waals surface area contributed by atoms with Gasteiger partial charge in [0, 0.05) is 10.8 Å². The molecule has 5 nitrogen and oxygen atoms in total. The monoisotopic (exact) mass is 361 g/mol. The smallest absolute Gasteiger partial charge is 0.266 e. The van der Waals surface area contributed by atoms with Crippen molar-refractivity contribution in [3.05, 3.63) is 37.5 Å². The fourth-order valence-corrected chi connectivity index (χ4v) is 5.05. The van der Waals surface area contributed by atoms with Gasteiger partial charge in [-0.05, 0) is 49.7 Å². The molecule has 24 heavy (non-hydrogen) atoms. The number of hydrogen-bond acceptors (Lipinski definition) is 5. The lowest BCUT2D eigenvalue weighted by Crippen LogP contribution is -2.41. The SMILES string of the molecule is CC1CCc2sc(C(=O)NNC(=O)c3cnc(C4CC4)s3)cc2C1. The van der Waals surface area contributed by atoms with Crippen molar-refractivity contribution in [3.63, 3.8) is 0 Å². The lowest BCUT2D eigenvalue weighted by molar-refractivity contribution is 0.0851. The molecule has 2 aliphatic rings. The van der Waals surface area contributed by atoms with Crippen molar-refractivity contribution in [1.29, 1.82) is 0 Å². The highest BCUT2D eigenvalue weighted by atomic mass is 32.1. The van der Waals surface area contributed by atoms with Crippen LogP contribution in [0.25, 0.3) is 0 Å². The fourth-order valence-electron chi connectivity index (χ4n) is 2.97. The minimum atomic E-state index is -0.303. The molecule has 126 valence electrons. The summed E-state index contributed by atoms with van der Waals surface area (Å²) in [6, 6.07) is 1.97. The second-order valence-corrected chi connectivity index (χ2v) is 8.85. The Kier molecular flexibility index (Phi) is 4.14. The number of nitrogens with one attached hydrogen (secondary N) is 2. The molecule has 0 bridgehead atoms. The number of hydrogen-bond donors (Lipinski definition) is 2. The number of nitrogens with zero attached hydrogens (tertiary/aromatic N) is 1. The van der Waals surface area contributed by atoms with Gasteiger partial charge in [0.1, 0.15) is 4.88 Å². The summed E-state index contributed by atoms with van der Waals surface area (Å²) >= 11 is 2.95. The van der Waals surface area contributed by atoms with Crippen molar-refractivity contribution in [2.24, 2.45) is 5.92 Å². The van der Waals surface area contributed by atoms with Gasteiger partial charge in [-0.25, -0.2) is 4.98 Å². The van der Waals surface area contributed by atoms with Crippen LogP contribution < -0.4 is 10.9 Å². The van der Waals surface area contributed by atoms with E-state index in [2.05, 4.69) is 22.8 Å². The van der Waals surface area contributed by atoms with Crippen molar-refractivity contribution in [1.82, 2.24) is 15.8 Å². The van der Waals surface area contributed by atoms with Gasteiger partial charge in [0.15, 0.2) is 0 Å². The first kappa shape index (κ1) is 15.8. The van der Waals surface area contributed by atoms with Gasteiger partial charge in [-0.2, -0.15) is 0 Å². The number of aryl methyl sites for hydroxylation is 1. The Labute approximate surface area is 148 Å². The Morgan fingerprint density at radius 2 is 1.88 bits per heavy atom. The van der Waals surface area contributed by atoms with Crippen LogP contribution in [0.5, 0.6) is 0 Å². The fraction of sp³-hybridized carbons (Fsp3) is 0.471. The molecule has 2 N–H and O–H groups in total. The van der Waals surface area contributed by atoms with Crippen molar-refractivity contribution in [2.75, 3.05) is 0 Å². The van der Waals surface area contributed by atoms with Gasteiger partial charge in [-0.3, -0.25) is 20.4 Å². The number of hydrazine groups is 1. The molecule has 4 rings (SSSR count). The summed E-state index contributed by atoms with van der Waals surface area (Å²) in [4.78, 5) is 31.2. The lowest BCUT2D eigenvalue weighted by atomic mass is 9.90. The number of thiophene rings is 1. The first-order chi connectivity index (χ1) is 11.6. The number of carbonyl (C=O) groups is 2. The summed E-state index contributed by atoms with van der Waals surface area (Å²) in [5.74, 6) is 0.658. The molecule has 2 aromatic heterocycles. The summed E-state index contributed by atoms with van der Waals surface area (Å²) in [5, 5.41) is 1.02. The van der Waals surface area contributed by atoms with Gasteiger partial charge in [0.25, 0.3) is 11.8 Å². The summed E-state index contributed by atoms with van der Waals surface area (Å²) in [7, 11) is 0. The maximum atomic E-state index is 12.3. The van der Waals surface area contributed by atoms with Gasteiger partial charge in [0.2, 0.25) is 0 Å². The largest absolute Gasteiger partial charge is 0.281 e. The van der Waals surface area contributed by atoms with E-state index in [-0.39, 0.29) is 11.8 Å². The normalized spacial score (nSPS) is 19.6. The van der Waals surface area contributed by atoms with Gasteiger partial charge in [0.05, 0.1) is 16.1 Å². The van der Waals surface area contributed by atoms with Crippen molar-refractivity contribution in [2.45, 2.75) is 44.9 Å². The molecule has 2 aromatic rings. The number of amides is 2. The second kappa shape index (κ2) is 6.29. The molecule has 0 aliphatic heterocycles. The molecular formula is C17H19N3O2S2. The zero-order chi connectivity index (χ0) is 16.7. The Morgan fingerprint density at radius 1 is 1.12 bits per heavy atom. The van der Waals surface area contributed by atoms with Crippen LogP contribution >= 0.6 is 22.7 Å². The zero-order valence-corrected chi connectivity index (χ0v) is 15.1. The molecule has 7 heteroatoms. The molecule has 2 heterocycles. The minimum absolute atomic E-state index is 0.248.